The van der Waals surface area contributed by atoms with Gasteiger partial charge in [-0.25, -0.2) is 0 Å². The Kier molecular flexibility index (Phi) is 4.76. The van der Waals surface area contributed by atoms with Crippen LogP contribution in [0, 0.1) is 6.92 Å². The number of nitrogens with one attached hydrogen (secondary N) is 1. The van der Waals surface area contributed by atoms with Crippen LogP contribution >= 0.6 is 0 Å². The summed E-state index contributed by atoms with van der Waals surface area (Å²) in [7, 11) is 0. The Hall–Kier alpha value is -2.07. The molecule has 1 amide bonds. The first-order chi connectivity index (χ1) is 11.5. The second kappa shape index (κ2) is 6.81. The molecule has 24 heavy (non-hydrogen) atoms. The number of aliphatic hydroxyl groups is 1. The van der Waals surface area contributed by atoms with Crippen LogP contribution in [0.25, 0.3) is 0 Å². The van der Waals surface area contributed by atoms with Crippen molar-refractivity contribution in [1.82, 2.24) is 5.32 Å². The van der Waals surface area contributed by atoms with Gasteiger partial charge in [-0.05, 0) is 62.3 Å². The van der Waals surface area contributed by atoms with Crippen LogP contribution in [0.1, 0.15) is 54.8 Å². The van der Waals surface area contributed by atoms with Crippen LogP contribution in [0.15, 0.2) is 40.8 Å². The Morgan fingerprint density at radius 2 is 2.12 bits per heavy atom. The summed E-state index contributed by atoms with van der Waals surface area (Å²) in [4.78, 5) is 12.4. The van der Waals surface area contributed by atoms with E-state index in [0.29, 0.717) is 12.2 Å². The fourth-order valence-corrected chi connectivity index (χ4v) is 3.44. The molecule has 2 unspecified atom stereocenters. The van der Waals surface area contributed by atoms with E-state index in [9.17, 15) is 9.90 Å². The minimum atomic E-state index is -1.20. The van der Waals surface area contributed by atoms with E-state index in [1.165, 1.54) is 11.1 Å². The topological polar surface area (TPSA) is 62.5 Å². The van der Waals surface area contributed by atoms with Crippen molar-refractivity contribution in [1.29, 1.82) is 0 Å². The average molecular weight is 327 g/mol. The predicted octanol–water partition coefficient (Wildman–Crippen LogP) is 3.42. The third-order valence-corrected chi connectivity index (χ3v) is 4.83. The Bertz CT molecular complexity index is 717. The van der Waals surface area contributed by atoms with Gasteiger partial charge in [0.1, 0.15) is 17.1 Å². The van der Waals surface area contributed by atoms with Crippen molar-refractivity contribution < 1.29 is 14.3 Å². The molecule has 0 bridgehead atoms. The van der Waals surface area contributed by atoms with Crippen molar-refractivity contribution in [2.75, 3.05) is 6.54 Å². The van der Waals surface area contributed by atoms with Crippen molar-refractivity contribution >= 4 is 5.91 Å². The third-order valence-electron chi connectivity index (χ3n) is 4.83. The molecule has 1 aliphatic rings. The molecule has 1 aromatic heterocycles. The number of hydrogen-bond acceptors (Lipinski definition) is 3. The van der Waals surface area contributed by atoms with Crippen LogP contribution < -0.4 is 5.32 Å². The highest BCUT2D eigenvalue weighted by Crippen LogP contribution is 2.33. The number of hydrogen-bond donors (Lipinski definition) is 2. The Morgan fingerprint density at radius 3 is 2.88 bits per heavy atom. The van der Waals surface area contributed by atoms with Gasteiger partial charge >= 0.3 is 0 Å². The minimum absolute atomic E-state index is 0.0275. The van der Waals surface area contributed by atoms with Gasteiger partial charge in [0.05, 0.1) is 6.54 Å². The molecule has 2 N–H and O–H groups in total. The highest BCUT2D eigenvalue weighted by atomic mass is 16.4. The number of benzene rings is 1. The summed E-state index contributed by atoms with van der Waals surface area (Å²) in [5.41, 5.74) is 1.46. The van der Waals surface area contributed by atoms with Crippen molar-refractivity contribution in [3.8, 4) is 0 Å². The normalized spacial score (nSPS) is 19.4. The highest BCUT2D eigenvalue weighted by molar-refractivity contribution is 5.77. The Labute approximate surface area is 142 Å². The summed E-state index contributed by atoms with van der Waals surface area (Å²) in [6.07, 6.45) is 3.72. The zero-order valence-electron chi connectivity index (χ0n) is 14.3. The standard InChI is InChI=1S/C20H25NO3/c1-14-10-11-18(24-14)20(2,23)13-21-19(22)12-16-8-5-7-15-6-3-4-9-17(15)16/h3-4,6,9-11,16,23H,5,7-8,12-13H2,1-2H3,(H,21,22). The van der Waals surface area contributed by atoms with Gasteiger partial charge < -0.3 is 14.8 Å². The molecule has 1 aromatic carbocycles. The molecule has 0 spiro atoms. The van der Waals surface area contributed by atoms with Gasteiger partial charge in [0.2, 0.25) is 5.91 Å². The molecule has 1 heterocycles. The lowest BCUT2D eigenvalue weighted by Gasteiger charge is -2.26. The number of furan rings is 1. The largest absolute Gasteiger partial charge is 0.463 e. The molecule has 0 saturated heterocycles. The number of aryl methyl sites for hydroxylation is 2. The lowest BCUT2D eigenvalue weighted by Crippen LogP contribution is -2.39. The zero-order valence-corrected chi connectivity index (χ0v) is 14.3. The SMILES string of the molecule is Cc1ccc(C(C)(O)CNC(=O)CC2CCCc3ccccc32)o1. The van der Waals surface area contributed by atoms with Crippen LogP contribution in [0.5, 0.6) is 0 Å². The summed E-state index contributed by atoms with van der Waals surface area (Å²) >= 11 is 0. The zero-order chi connectivity index (χ0) is 17.2. The molecule has 0 fully saturated rings. The second-order valence-electron chi connectivity index (χ2n) is 6.95. The Balaban J connectivity index is 1.59. The maximum atomic E-state index is 12.4. The van der Waals surface area contributed by atoms with E-state index < -0.39 is 5.60 Å². The van der Waals surface area contributed by atoms with Crippen LogP contribution in [0.3, 0.4) is 0 Å². The number of amides is 1. The van der Waals surface area contributed by atoms with E-state index in [4.69, 9.17) is 4.42 Å². The smallest absolute Gasteiger partial charge is 0.220 e. The summed E-state index contributed by atoms with van der Waals surface area (Å²) < 4.78 is 5.48. The number of carbonyl (C=O) groups is 1. The van der Waals surface area contributed by atoms with E-state index in [0.717, 1.165) is 25.0 Å². The molecule has 1 aliphatic carbocycles. The van der Waals surface area contributed by atoms with Gasteiger partial charge in [-0.1, -0.05) is 24.3 Å². The van der Waals surface area contributed by atoms with Crippen LogP contribution in [-0.2, 0) is 16.8 Å². The van der Waals surface area contributed by atoms with Crippen LogP contribution in [0.2, 0.25) is 0 Å². The second-order valence-corrected chi connectivity index (χ2v) is 6.95. The van der Waals surface area contributed by atoms with Gasteiger partial charge in [0, 0.05) is 6.42 Å². The van der Waals surface area contributed by atoms with Crippen molar-refractivity contribution in [3.63, 3.8) is 0 Å². The third kappa shape index (κ3) is 3.70. The maximum Gasteiger partial charge on any atom is 0.220 e. The number of rotatable bonds is 5. The lowest BCUT2D eigenvalue weighted by molar-refractivity contribution is -0.122. The van der Waals surface area contributed by atoms with E-state index in [1.807, 2.05) is 19.1 Å². The molecule has 2 aromatic rings. The quantitative estimate of drug-likeness (QED) is 0.884. The molecule has 4 nitrogen and oxygen atoms in total. The van der Waals surface area contributed by atoms with Gasteiger partial charge in [-0.3, -0.25) is 4.79 Å². The molecule has 3 rings (SSSR count). The Morgan fingerprint density at radius 1 is 1.33 bits per heavy atom. The first-order valence-electron chi connectivity index (χ1n) is 8.59. The predicted molar refractivity (Wildman–Crippen MR) is 92.8 cm³/mol. The monoisotopic (exact) mass is 327 g/mol. The molecule has 0 radical (unpaired) electrons. The van der Waals surface area contributed by atoms with Crippen LogP contribution in [-0.4, -0.2) is 17.6 Å². The van der Waals surface area contributed by atoms with Gasteiger partial charge in [0.25, 0.3) is 0 Å². The van der Waals surface area contributed by atoms with Crippen molar-refractivity contribution in [2.24, 2.45) is 0 Å². The van der Waals surface area contributed by atoms with Gasteiger partial charge in [0.15, 0.2) is 0 Å². The summed E-state index contributed by atoms with van der Waals surface area (Å²) in [6, 6.07) is 11.9. The molecular formula is C20H25NO3. The summed E-state index contributed by atoms with van der Waals surface area (Å²) in [6.45, 7) is 3.63. The van der Waals surface area contributed by atoms with E-state index in [1.54, 1.807) is 13.0 Å². The fourth-order valence-electron chi connectivity index (χ4n) is 3.44. The number of carbonyl (C=O) groups excluding carboxylic acids is 1. The van der Waals surface area contributed by atoms with E-state index >= 15 is 0 Å². The van der Waals surface area contributed by atoms with E-state index in [2.05, 4.69) is 23.5 Å². The fraction of sp³-hybridized carbons (Fsp3) is 0.450. The summed E-state index contributed by atoms with van der Waals surface area (Å²) in [5, 5.41) is 13.4. The molecule has 4 heteroatoms. The van der Waals surface area contributed by atoms with Crippen molar-refractivity contribution in [2.45, 2.75) is 51.0 Å². The first kappa shape index (κ1) is 16.8. The number of fused-ring (bicyclic) bond motifs is 1. The van der Waals surface area contributed by atoms with Crippen LogP contribution in [0.4, 0.5) is 0 Å². The maximum absolute atomic E-state index is 12.4. The molecular weight excluding hydrogens is 302 g/mol. The molecule has 128 valence electrons. The van der Waals surface area contributed by atoms with Gasteiger partial charge in [-0.2, -0.15) is 0 Å². The lowest BCUT2D eigenvalue weighted by atomic mass is 9.81. The van der Waals surface area contributed by atoms with Gasteiger partial charge in [-0.15, -0.1) is 0 Å². The van der Waals surface area contributed by atoms with E-state index in [-0.39, 0.29) is 18.4 Å². The average Bonchev–Trinajstić information content (AvgIpc) is 3.01. The minimum Gasteiger partial charge on any atom is -0.463 e. The summed E-state index contributed by atoms with van der Waals surface area (Å²) in [5.74, 6) is 1.46. The molecule has 0 saturated carbocycles. The first-order valence-corrected chi connectivity index (χ1v) is 8.59. The van der Waals surface area contributed by atoms with Crippen molar-refractivity contribution in [3.05, 3.63) is 59.0 Å². The molecule has 2 atom stereocenters. The highest BCUT2D eigenvalue weighted by Gasteiger charge is 2.28. The molecule has 0 aliphatic heterocycles.